The molecule has 0 unspecified atom stereocenters. The first-order valence-electron chi connectivity index (χ1n) is 9.46. The molecule has 0 fully saturated rings. The molecule has 28 heavy (non-hydrogen) atoms. The third kappa shape index (κ3) is 3.22. The largest absolute Gasteiger partial charge is 0.347 e. The molecule has 2 aliphatic rings. The van der Waals surface area contributed by atoms with E-state index in [1.54, 1.807) is 36.0 Å². The van der Waals surface area contributed by atoms with Gasteiger partial charge in [0, 0.05) is 0 Å². The monoisotopic (exact) mass is 394 g/mol. The molecule has 144 valence electrons. The molecular weight excluding hydrogens is 372 g/mol. The maximum Gasteiger partial charge on any atom is 0.262 e. The Balaban J connectivity index is 1.58. The molecule has 1 N–H and O–H groups in total. The van der Waals surface area contributed by atoms with Gasteiger partial charge in [-0.05, 0) is 54.5 Å². The number of hydrogen-bond acceptors (Lipinski definition) is 4. The molecule has 0 bridgehead atoms. The summed E-state index contributed by atoms with van der Waals surface area (Å²) in [5, 5.41) is 3.09. The molecule has 1 aliphatic carbocycles. The first-order valence-corrected chi connectivity index (χ1v) is 10.8. The van der Waals surface area contributed by atoms with Crippen molar-refractivity contribution in [2.75, 3.05) is 12.0 Å². The summed E-state index contributed by atoms with van der Waals surface area (Å²) in [6, 6.07) is 14.0. The predicted molar refractivity (Wildman–Crippen MR) is 109 cm³/mol. The lowest BCUT2D eigenvalue weighted by molar-refractivity contribution is -0.125. The quantitative estimate of drug-likeness (QED) is 0.764. The van der Waals surface area contributed by atoms with E-state index in [-0.39, 0.29) is 23.8 Å². The van der Waals surface area contributed by atoms with Crippen molar-refractivity contribution in [2.24, 2.45) is 0 Å². The summed E-state index contributed by atoms with van der Waals surface area (Å²) in [6.45, 7) is 0. The van der Waals surface area contributed by atoms with Crippen molar-refractivity contribution in [1.82, 2.24) is 10.2 Å². The second-order valence-corrected chi connectivity index (χ2v) is 8.11. The van der Waals surface area contributed by atoms with Crippen molar-refractivity contribution in [3.63, 3.8) is 0 Å². The lowest BCUT2D eigenvalue weighted by atomic mass is 10.1. The van der Waals surface area contributed by atoms with Gasteiger partial charge in [-0.2, -0.15) is 11.8 Å². The number of carbonyl (C=O) groups is 3. The van der Waals surface area contributed by atoms with Gasteiger partial charge in [0.2, 0.25) is 5.91 Å². The fraction of sp³-hybridized carbons (Fsp3) is 0.318. The van der Waals surface area contributed by atoms with Gasteiger partial charge in [0.15, 0.2) is 0 Å². The van der Waals surface area contributed by atoms with Crippen LogP contribution in [0.1, 0.15) is 50.7 Å². The van der Waals surface area contributed by atoms with E-state index >= 15 is 0 Å². The Morgan fingerprint density at radius 1 is 1.11 bits per heavy atom. The topological polar surface area (TPSA) is 66.5 Å². The highest BCUT2D eigenvalue weighted by Gasteiger charge is 2.43. The number of nitrogens with zero attached hydrogens (tertiary/aromatic N) is 1. The van der Waals surface area contributed by atoms with Gasteiger partial charge in [-0.25, -0.2) is 0 Å². The zero-order valence-corrected chi connectivity index (χ0v) is 16.5. The Bertz CT molecular complexity index is 908. The maximum atomic E-state index is 13.2. The minimum Gasteiger partial charge on any atom is -0.347 e. The average Bonchev–Trinajstić information content (AvgIpc) is 3.23. The number of amides is 3. The van der Waals surface area contributed by atoms with Gasteiger partial charge in [0.05, 0.1) is 17.2 Å². The molecule has 2 atom stereocenters. The number of benzene rings is 2. The minimum absolute atomic E-state index is 0.0735. The van der Waals surface area contributed by atoms with Gasteiger partial charge in [-0.3, -0.25) is 19.3 Å². The summed E-state index contributed by atoms with van der Waals surface area (Å²) in [6.07, 6.45) is 4.14. The molecule has 1 heterocycles. The molecule has 4 rings (SSSR count). The molecule has 0 radical (unpaired) electrons. The highest BCUT2D eigenvalue weighted by molar-refractivity contribution is 7.98. The number of rotatable bonds is 6. The van der Waals surface area contributed by atoms with Crippen LogP contribution in [-0.4, -0.2) is 40.7 Å². The molecule has 0 aromatic heterocycles. The molecule has 2 aromatic carbocycles. The van der Waals surface area contributed by atoms with Gasteiger partial charge in [-0.1, -0.05) is 36.4 Å². The molecule has 0 saturated heterocycles. The maximum absolute atomic E-state index is 13.2. The van der Waals surface area contributed by atoms with Crippen molar-refractivity contribution in [3.8, 4) is 0 Å². The van der Waals surface area contributed by atoms with Crippen LogP contribution in [0.3, 0.4) is 0 Å². The molecule has 0 spiro atoms. The Morgan fingerprint density at radius 2 is 1.75 bits per heavy atom. The van der Waals surface area contributed by atoms with Crippen molar-refractivity contribution in [1.29, 1.82) is 0 Å². The van der Waals surface area contributed by atoms with Crippen molar-refractivity contribution in [3.05, 3.63) is 70.8 Å². The average molecular weight is 394 g/mol. The van der Waals surface area contributed by atoms with Crippen LogP contribution in [0.4, 0.5) is 0 Å². The number of imide groups is 1. The number of hydrogen-bond donors (Lipinski definition) is 1. The summed E-state index contributed by atoms with van der Waals surface area (Å²) in [7, 11) is 0. The molecule has 0 saturated carbocycles. The number of thioether (sulfide) groups is 1. The van der Waals surface area contributed by atoms with E-state index in [4.69, 9.17) is 0 Å². The van der Waals surface area contributed by atoms with Crippen molar-refractivity contribution >= 4 is 29.5 Å². The Kier molecular flexibility index (Phi) is 5.22. The first kappa shape index (κ1) is 18.7. The third-order valence-electron chi connectivity index (χ3n) is 5.48. The molecule has 1 aliphatic heterocycles. The van der Waals surface area contributed by atoms with Gasteiger partial charge < -0.3 is 5.32 Å². The van der Waals surface area contributed by atoms with Crippen LogP contribution >= 0.6 is 11.8 Å². The number of nitrogens with one attached hydrogen (secondary N) is 1. The second-order valence-electron chi connectivity index (χ2n) is 7.12. The van der Waals surface area contributed by atoms with E-state index < -0.39 is 6.04 Å². The Labute approximate surface area is 168 Å². The van der Waals surface area contributed by atoms with Crippen LogP contribution in [0.25, 0.3) is 0 Å². The molecule has 2 aromatic rings. The van der Waals surface area contributed by atoms with Crippen LogP contribution < -0.4 is 5.32 Å². The first-order chi connectivity index (χ1) is 13.6. The van der Waals surface area contributed by atoms with E-state index in [0.29, 0.717) is 23.3 Å². The standard InChI is InChI=1S/C22H22N2O3S/c1-28-13-12-19(24-21(26)16-8-4-5-9-17(16)22(24)27)20(25)23-18-11-10-14-6-2-3-7-15(14)18/h2-9,18-19H,10-13H2,1H3,(H,23,25)/t18-,19+/m0/s1. The predicted octanol–water partition coefficient (Wildman–Crippen LogP) is 3.21. The minimum atomic E-state index is -0.799. The lowest BCUT2D eigenvalue weighted by Crippen LogP contribution is -2.50. The summed E-state index contributed by atoms with van der Waals surface area (Å²) < 4.78 is 0. The van der Waals surface area contributed by atoms with E-state index in [1.165, 1.54) is 5.56 Å². The van der Waals surface area contributed by atoms with E-state index in [9.17, 15) is 14.4 Å². The van der Waals surface area contributed by atoms with E-state index in [1.807, 2.05) is 24.5 Å². The number of carbonyl (C=O) groups excluding carboxylic acids is 3. The van der Waals surface area contributed by atoms with Crippen LogP contribution in [0.15, 0.2) is 48.5 Å². The smallest absolute Gasteiger partial charge is 0.262 e. The second kappa shape index (κ2) is 7.80. The summed E-state index contributed by atoms with van der Waals surface area (Å²) in [5.74, 6) is -0.333. The lowest BCUT2D eigenvalue weighted by Gasteiger charge is -2.27. The molecule has 3 amide bonds. The fourth-order valence-electron chi connectivity index (χ4n) is 4.07. The van der Waals surface area contributed by atoms with Crippen LogP contribution in [0.5, 0.6) is 0 Å². The van der Waals surface area contributed by atoms with Gasteiger partial charge in [-0.15, -0.1) is 0 Å². The Morgan fingerprint density at radius 3 is 2.43 bits per heavy atom. The van der Waals surface area contributed by atoms with Crippen molar-refractivity contribution < 1.29 is 14.4 Å². The fourth-order valence-corrected chi connectivity index (χ4v) is 4.53. The van der Waals surface area contributed by atoms with Gasteiger partial charge in [0.1, 0.15) is 6.04 Å². The summed E-state index contributed by atoms with van der Waals surface area (Å²) >= 11 is 1.59. The highest BCUT2D eigenvalue weighted by Crippen LogP contribution is 2.32. The van der Waals surface area contributed by atoms with Gasteiger partial charge >= 0.3 is 0 Å². The van der Waals surface area contributed by atoms with E-state index in [0.717, 1.165) is 23.3 Å². The Hall–Kier alpha value is -2.60. The normalized spacial score (nSPS) is 18.8. The SMILES string of the molecule is CSCC[C@H](C(=O)N[C@H]1CCc2ccccc21)N1C(=O)c2ccccc2C1=O. The van der Waals surface area contributed by atoms with Crippen LogP contribution in [0.2, 0.25) is 0 Å². The zero-order valence-electron chi connectivity index (χ0n) is 15.7. The number of fused-ring (bicyclic) bond motifs is 2. The summed E-state index contributed by atoms with van der Waals surface area (Å²) in [5.41, 5.74) is 3.12. The molecular formula is C22H22N2O3S. The summed E-state index contributed by atoms with van der Waals surface area (Å²) in [4.78, 5) is 40.1. The third-order valence-corrected chi connectivity index (χ3v) is 6.13. The van der Waals surface area contributed by atoms with Crippen LogP contribution in [-0.2, 0) is 11.2 Å². The van der Waals surface area contributed by atoms with Crippen molar-refractivity contribution in [2.45, 2.75) is 31.3 Å². The van der Waals surface area contributed by atoms with Crippen LogP contribution in [0, 0.1) is 0 Å². The number of aryl methyl sites for hydroxylation is 1. The van der Waals surface area contributed by atoms with Gasteiger partial charge in [0.25, 0.3) is 11.8 Å². The molecule has 5 nitrogen and oxygen atoms in total. The van der Waals surface area contributed by atoms with E-state index in [2.05, 4.69) is 11.4 Å². The zero-order chi connectivity index (χ0) is 19.7. The highest BCUT2D eigenvalue weighted by atomic mass is 32.2. The molecule has 6 heteroatoms.